The fraction of sp³-hybridized carbons (Fsp3) is 0.611. The van der Waals surface area contributed by atoms with Crippen LogP contribution in [-0.2, 0) is 9.53 Å². The second-order valence-electron chi connectivity index (χ2n) is 6.47. The van der Waals surface area contributed by atoms with E-state index in [1.165, 1.54) is 11.1 Å². The van der Waals surface area contributed by atoms with Gasteiger partial charge in [0.05, 0.1) is 24.3 Å². The number of nitrogens with zero attached hydrogens (tertiary/aromatic N) is 1. The van der Waals surface area contributed by atoms with Crippen molar-refractivity contribution in [3.8, 4) is 0 Å². The van der Waals surface area contributed by atoms with Crippen LogP contribution in [0.3, 0.4) is 0 Å². The molecule has 4 heteroatoms. The Hall–Kier alpha value is -1.39. The highest BCUT2D eigenvalue weighted by molar-refractivity contribution is 5.81. The molecule has 0 spiro atoms. The van der Waals surface area contributed by atoms with E-state index in [2.05, 4.69) is 43.1 Å². The van der Waals surface area contributed by atoms with Crippen LogP contribution < -0.4 is 5.32 Å². The largest absolute Gasteiger partial charge is 0.373 e. The van der Waals surface area contributed by atoms with E-state index >= 15 is 0 Å². The van der Waals surface area contributed by atoms with Gasteiger partial charge in [-0.2, -0.15) is 0 Å². The van der Waals surface area contributed by atoms with Gasteiger partial charge in [0.15, 0.2) is 0 Å². The Balaban J connectivity index is 1.98. The first-order valence-electron chi connectivity index (χ1n) is 8.14. The molecule has 1 heterocycles. The number of amides is 1. The van der Waals surface area contributed by atoms with E-state index in [4.69, 9.17) is 4.74 Å². The van der Waals surface area contributed by atoms with Crippen molar-refractivity contribution in [1.29, 1.82) is 0 Å². The summed E-state index contributed by atoms with van der Waals surface area (Å²) in [6.45, 7) is 11.8. The van der Waals surface area contributed by atoms with Crippen molar-refractivity contribution in [1.82, 2.24) is 10.2 Å². The molecule has 122 valence electrons. The van der Waals surface area contributed by atoms with E-state index in [-0.39, 0.29) is 30.2 Å². The van der Waals surface area contributed by atoms with E-state index in [9.17, 15) is 4.79 Å². The molecule has 1 aliphatic rings. The van der Waals surface area contributed by atoms with Crippen LogP contribution in [0.1, 0.15) is 44.9 Å². The van der Waals surface area contributed by atoms with Crippen LogP contribution in [0.5, 0.6) is 0 Å². The number of benzene rings is 1. The first-order chi connectivity index (χ1) is 10.4. The van der Waals surface area contributed by atoms with Crippen molar-refractivity contribution < 1.29 is 9.53 Å². The summed E-state index contributed by atoms with van der Waals surface area (Å²) in [5.74, 6) is 0.0806. The smallest absolute Gasteiger partial charge is 0.237 e. The number of ether oxygens (including phenoxy) is 1. The first kappa shape index (κ1) is 17.0. The molecule has 1 aromatic carbocycles. The molecule has 4 atom stereocenters. The summed E-state index contributed by atoms with van der Waals surface area (Å²) >= 11 is 0. The predicted molar refractivity (Wildman–Crippen MR) is 88.8 cm³/mol. The lowest BCUT2D eigenvalue weighted by Crippen LogP contribution is -2.54. The number of hydrogen-bond acceptors (Lipinski definition) is 3. The lowest BCUT2D eigenvalue weighted by atomic mass is 10.0. The molecule has 4 nitrogen and oxygen atoms in total. The molecule has 1 saturated heterocycles. The topological polar surface area (TPSA) is 41.6 Å². The molecule has 0 aliphatic carbocycles. The zero-order valence-electron chi connectivity index (χ0n) is 14.3. The van der Waals surface area contributed by atoms with Gasteiger partial charge in [-0.3, -0.25) is 9.69 Å². The standard InChI is InChI=1S/C18H28N2O2/c1-12-8-6-7-9-17(12)15(4)19-18(21)16(5)20-10-13(2)22-14(3)11-20/h6-9,13-16H,10-11H2,1-5H3,(H,19,21). The maximum atomic E-state index is 12.6. The molecule has 1 aromatic rings. The number of nitrogens with one attached hydrogen (secondary N) is 1. The molecular formula is C18H28N2O2. The zero-order valence-corrected chi connectivity index (χ0v) is 14.3. The van der Waals surface area contributed by atoms with Crippen molar-refractivity contribution in [2.75, 3.05) is 13.1 Å². The molecule has 22 heavy (non-hydrogen) atoms. The van der Waals surface area contributed by atoms with Gasteiger partial charge in [-0.15, -0.1) is 0 Å². The number of rotatable bonds is 4. The van der Waals surface area contributed by atoms with Crippen molar-refractivity contribution >= 4 is 5.91 Å². The van der Waals surface area contributed by atoms with E-state index in [1.54, 1.807) is 0 Å². The summed E-state index contributed by atoms with van der Waals surface area (Å²) in [5.41, 5.74) is 2.38. The van der Waals surface area contributed by atoms with E-state index in [0.29, 0.717) is 0 Å². The van der Waals surface area contributed by atoms with Crippen LogP contribution >= 0.6 is 0 Å². The fourth-order valence-electron chi connectivity index (χ4n) is 3.18. The summed E-state index contributed by atoms with van der Waals surface area (Å²) in [6.07, 6.45) is 0.348. The van der Waals surface area contributed by atoms with Crippen LogP contribution in [0.2, 0.25) is 0 Å². The normalized spacial score (nSPS) is 25.5. The molecule has 0 radical (unpaired) electrons. The fourth-order valence-corrected chi connectivity index (χ4v) is 3.18. The molecule has 1 aliphatic heterocycles. The monoisotopic (exact) mass is 304 g/mol. The lowest BCUT2D eigenvalue weighted by Gasteiger charge is -2.38. The summed E-state index contributed by atoms with van der Waals surface area (Å²) in [6, 6.07) is 8.07. The molecular weight excluding hydrogens is 276 g/mol. The second kappa shape index (κ2) is 7.25. The third-order valence-corrected chi connectivity index (χ3v) is 4.39. The molecule has 0 aromatic heterocycles. The number of carbonyl (C=O) groups is 1. The molecule has 0 bridgehead atoms. The second-order valence-corrected chi connectivity index (χ2v) is 6.47. The van der Waals surface area contributed by atoms with Gasteiger partial charge in [0.25, 0.3) is 0 Å². The van der Waals surface area contributed by atoms with Crippen LogP contribution in [0, 0.1) is 6.92 Å². The SMILES string of the molecule is Cc1ccccc1C(C)NC(=O)C(C)N1CC(C)OC(C)C1. The minimum atomic E-state index is -0.139. The first-order valence-corrected chi connectivity index (χ1v) is 8.14. The zero-order chi connectivity index (χ0) is 16.3. The summed E-state index contributed by atoms with van der Waals surface area (Å²) < 4.78 is 5.74. The minimum absolute atomic E-state index is 0.0204. The van der Waals surface area contributed by atoms with E-state index in [0.717, 1.165) is 13.1 Å². The predicted octanol–water partition coefficient (Wildman–Crippen LogP) is 2.67. The Kier molecular flexibility index (Phi) is 5.59. The van der Waals surface area contributed by atoms with Gasteiger partial charge in [-0.25, -0.2) is 0 Å². The third kappa shape index (κ3) is 4.08. The maximum absolute atomic E-state index is 12.6. The van der Waals surface area contributed by atoms with Crippen molar-refractivity contribution in [3.05, 3.63) is 35.4 Å². The van der Waals surface area contributed by atoms with Gasteiger partial charge in [-0.1, -0.05) is 24.3 Å². The molecule has 2 rings (SSSR count). The summed E-state index contributed by atoms with van der Waals surface area (Å²) in [7, 11) is 0. The maximum Gasteiger partial charge on any atom is 0.237 e. The Morgan fingerprint density at radius 3 is 2.41 bits per heavy atom. The average molecular weight is 304 g/mol. The van der Waals surface area contributed by atoms with Crippen LogP contribution in [0.4, 0.5) is 0 Å². The summed E-state index contributed by atoms with van der Waals surface area (Å²) in [4.78, 5) is 14.8. The third-order valence-electron chi connectivity index (χ3n) is 4.39. The average Bonchev–Trinajstić information content (AvgIpc) is 2.45. The van der Waals surface area contributed by atoms with E-state index < -0.39 is 0 Å². The number of aryl methyl sites for hydroxylation is 1. The number of carbonyl (C=O) groups excluding carboxylic acids is 1. The van der Waals surface area contributed by atoms with Crippen molar-refractivity contribution in [2.24, 2.45) is 0 Å². The highest BCUT2D eigenvalue weighted by Crippen LogP contribution is 2.18. The van der Waals surface area contributed by atoms with Gasteiger partial charge in [0, 0.05) is 13.1 Å². The lowest BCUT2D eigenvalue weighted by molar-refractivity contribution is -0.132. The van der Waals surface area contributed by atoms with Gasteiger partial charge >= 0.3 is 0 Å². The van der Waals surface area contributed by atoms with Crippen LogP contribution in [0.15, 0.2) is 24.3 Å². The molecule has 1 fully saturated rings. The summed E-state index contributed by atoms with van der Waals surface area (Å²) in [5, 5.41) is 3.14. The van der Waals surface area contributed by atoms with Crippen molar-refractivity contribution in [3.63, 3.8) is 0 Å². The van der Waals surface area contributed by atoms with Gasteiger partial charge in [0.2, 0.25) is 5.91 Å². The van der Waals surface area contributed by atoms with Crippen molar-refractivity contribution in [2.45, 2.75) is 58.9 Å². The van der Waals surface area contributed by atoms with Crippen LogP contribution in [0.25, 0.3) is 0 Å². The molecule has 1 amide bonds. The van der Waals surface area contributed by atoms with E-state index in [1.807, 2.05) is 26.0 Å². The Bertz CT molecular complexity index is 508. The van der Waals surface area contributed by atoms with Gasteiger partial charge in [-0.05, 0) is 45.7 Å². The Morgan fingerprint density at radius 1 is 1.23 bits per heavy atom. The molecule has 1 N–H and O–H groups in total. The minimum Gasteiger partial charge on any atom is -0.373 e. The molecule has 0 saturated carbocycles. The van der Waals surface area contributed by atoms with Gasteiger partial charge < -0.3 is 10.1 Å². The Labute approximate surface area is 133 Å². The molecule has 4 unspecified atom stereocenters. The quantitative estimate of drug-likeness (QED) is 0.930. The highest BCUT2D eigenvalue weighted by Gasteiger charge is 2.29. The highest BCUT2D eigenvalue weighted by atomic mass is 16.5. The Morgan fingerprint density at radius 2 is 1.82 bits per heavy atom. The van der Waals surface area contributed by atoms with Crippen LogP contribution in [-0.4, -0.2) is 42.1 Å². The van der Waals surface area contributed by atoms with Gasteiger partial charge in [0.1, 0.15) is 0 Å². The number of morpholine rings is 1. The number of hydrogen-bond donors (Lipinski definition) is 1.